The minimum absolute atomic E-state index is 0.117. The fourth-order valence-electron chi connectivity index (χ4n) is 0.619. The summed E-state index contributed by atoms with van der Waals surface area (Å²) in [5.74, 6) is -0.259. The number of nitrogens with one attached hydrogen (secondary N) is 1. The maximum Gasteiger partial charge on any atom is 0.254 e. The van der Waals surface area contributed by atoms with E-state index in [1.165, 1.54) is 19.3 Å². The van der Waals surface area contributed by atoms with Gasteiger partial charge in [-0.2, -0.15) is 5.10 Å². The number of carbonyl (C=O) groups is 1. The number of carbonyl (C=O) groups excluding carboxylic acids is 1. The van der Waals surface area contributed by atoms with Crippen LogP contribution in [0.3, 0.4) is 0 Å². The second-order valence-corrected chi connectivity index (χ2v) is 2.17. The van der Waals surface area contributed by atoms with Gasteiger partial charge in [0.1, 0.15) is 0 Å². The van der Waals surface area contributed by atoms with Crippen molar-refractivity contribution in [2.45, 2.75) is 0 Å². The molecule has 1 aromatic rings. The number of amides is 1. The summed E-state index contributed by atoms with van der Waals surface area (Å²) in [5.41, 5.74) is 0.337. The zero-order chi connectivity index (χ0) is 8.27. The molecule has 1 N–H and O–H groups in total. The van der Waals surface area contributed by atoms with Crippen LogP contribution in [0.15, 0.2) is 12.3 Å². The molecule has 0 aliphatic heterocycles. The molecule has 1 heterocycles. The van der Waals surface area contributed by atoms with Crippen LogP contribution in [0.1, 0.15) is 10.4 Å². The molecule has 0 radical (unpaired) electrons. The standard InChI is InChI=1S/C6H6ClN3O/c1-8-6(11)4-2-3-9-10-5(4)7/h2-3H,1H3,(H,8,11). The molecule has 0 spiro atoms. The number of rotatable bonds is 1. The predicted molar refractivity (Wildman–Crippen MR) is 40.4 cm³/mol. The van der Waals surface area contributed by atoms with Gasteiger partial charge in [-0.05, 0) is 6.07 Å². The van der Waals surface area contributed by atoms with E-state index >= 15 is 0 Å². The van der Waals surface area contributed by atoms with Gasteiger partial charge in [0.25, 0.3) is 5.91 Å². The third-order valence-electron chi connectivity index (χ3n) is 1.15. The van der Waals surface area contributed by atoms with Crippen LogP contribution < -0.4 is 5.32 Å². The van der Waals surface area contributed by atoms with E-state index in [0.29, 0.717) is 5.56 Å². The highest BCUT2D eigenvalue weighted by Gasteiger charge is 2.07. The molecule has 0 saturated heterocycles. The normalized spacial score (nSPS) is 9.27. The SMILES string of the molecule is CNC(=O)c1ccnnc1Cl. The number of hydrogen-bond donors (Lipinski definition) is 1. The lowest BCUT2D eigenvalue weighted by Gasteiger charge is -1.98. The molecular weight excluding hydrogens is 166 g/mol. The molecule has 1 rings (SSSR count). The summed E-state index contributed by atoms with van der Waals surface area (Å²) in [5, 5.41) is 9.55. The molecule has 0 aromatic carbocycles. The molecule has 0 aliphatic rings. The van der Waals surface area contributed by atoms with Gasteiger partial charge in [-0.15, -0.1) is 5.10 Å². The van der Waals surface area contributed by atoms with Gasteiger partial charge in [-0.1, -0.05) is 11.6 Å². The van der Waals surface area contributed by atoms with E-state index in [2.05, 4.69) is 15.5 Å². The summed E-state index contributed by atoms with van der Waals surface area (Å²) in [7, 11) is 1.53. The first kappa shape index (κ1) is 7.94. The van der Waals surface area contributed by atoms with Gasteiger partial charge in [0.2, 0.25) is 0 Å². The fraction of sp³-hybridized carbons (Fsp3) is 0.167. The van der Waals surface area contributed by atoms with Gasteiger partial charge in [0.15, 0.2) is 5.15 Å². The Kier molecular flexibility index (Phi) is 2.38. The Morgan fingerprint density at radius 3 is 3.00 bits per heavy atom. The van der Waals surface area contributed by atoms with E-state index in [-0.39, 0.29) is 11.1 Å². The Bertz CT molecular complexity index is 276. The first-order chi connectivity index (χ1) is 5.25. The quantitative estimate of drug-likeness (QED) is 0.669. The highest BCUT2D eigenvalue weighted by Crippen LogP contribution is 2.08. The van der Waals surface area contributed by atoms with Crippen molar-refractivity contribution in [3.63, 3.8) is 0 Å². The smallest absolute Gasteiger partial charge is 0.254 e. The predicted octanol–water partition coefficient (Wildman–Crippen LogP) is 0.490. The maximum atomic E-state index is 11.0. The Hall–Kier alpha value is -1.16. The highest BCUT2D eigenvalue weighted by molar-refractivity contribution is 6.32. The van der Waals surface area contributed by atoms with Crippen molar-refractivity contribution in [1.29, 1.82) is 0 Å². The second-order valence-electron chi connectivity index (χ2n) is 1.81. The molecular formula is C6H6ClN3O. The number of nitrogens with zero attached hydrogens (tertiary/aromatic N) is 2. The van der Waals surface area contributed by atoms with Gasteiger partial charge in [0, 0.05) is 7.05 Å². The zero-order valence-corrected chi connectivity index (χ0v) is 6.59. The maximum absolute atomic E-state index is 11.0. The van der Waals surface area contributed by atoms with E-state index < -0.39 is 0 Å². The Balaban J connectivity index is 3.03. The van der Waals surface area contributed by atoms with Crippen molar-refractivity contribution in [2.24, 2.45) is 0 Å². The molecule has 11 heavy (non-hydrogen) atoms. The summed E-state index contributed by atoms with van der Waals surface area (Å²) in [6.07, 6.45) is 1.41. The largest absolute Gasteiger partial charge is 0.355 e. The lowest BCUT2D eigenvalue weighted by atomic mass is 10.3. The van der Waals surface area contributed by atoms with Gasteiger partial charge >= 0.3 is 0 Å². The van der Waals surface area contributed by atoms with Crippen LogP contribution in [0.4, 0.5) is 0 Å². The van der Waals surface area contributed by atoms with Crippen LogP contribution in [0.25, 0.3) is 0 Å². The van der Waals surface area contributed by atoms with E-state index in [0.717, 1.165) is 0 Å². The summed E-state index contributed by atoms with van der Waals surface area (Å²) >= 11 is 5.56. The molecule has 0 fully saturated rings. The van der Waals surface area contributed by atoms with Crippen LogP contribution in [0.2, 0.25) is 5.15 Å². The van der Waals surface area contributed by atoms with Gasteiger partial charge in [-0.25, -0.2) is 0 Å². The molecule has 4 nitrogen and oxygen atoms in total. The van der Waals surface area contributed by atoms with Gasteiger partial charge < -0.3 is 5.32 Å². The van der Waals surface area contributed by atoms with Crippen LogP contribution in [0.5, 0.6) is 0 Å². The number of aromatic nitrogens is 2. The van der Waals surface area contributed by atoms with E-state index in [4.69, 9.17) is 11.6 Å². The molecule has 1 amide bonds. The number of halogens is 1. The average Bonchev–Trinajstić information content (AvgIpc) is 2.04. The Morgan fingerprint density at radius 2 is 2.45 bits per heavy atom. The van der Waals surface area contributed by atoms with Crippen LogP contribution in [-0.4, -0.2) is 23.2 Å². The van der Waals surface area contributed by atoms with Crippen LogP contribution >= 0.6 is 11.6 Å². The molecule has 5 heteroatoms. The first-order valence-corrected chi connectivity index (χ1v) is 3.32. The molecule has 0 saturated carbocycles. The summed E-state index contributed by atoms with van der Waals surface area (Å²) < 4.78 is 0. The number of hydrogen-bond acceptors (Lipinski definition) is 3. The van der Waals surface area contributed by atoms with Crippen LogP contribution in [-0.2, 0) is 0 Å². The molecule has 0 atom stereocenters. The van der Waals surface area contributed by atoms with Crippen molar-refractivity contribution in [2.75, 3.05) is 7.05 Å². The van der Waals surface area contributed by atoms with Gasteiger partial charge in [0.05, 0.1) is 11.8 Å². The van der Waals surface area contributed by atoms with Crippen molar-refractivity contribution in [1.82, 2.24) is 15.5 Å². The molecule has 1 aromatic heterocycles. The van der Waals surface area contributed by atoms with Crippen LogP contribution in [0, 0.1) is 0 Å². The minimum atomic E-state index is -0.259. The molecule has 0 unspecified atom stereocenters. The summed E-state index contributed by atoms with van der Waals surface area (Å²) in [4.78, 5) is 11.0. The third kappa shape index (κ3) is 1.65. The van der Waals surface area contributed by atoms with E-state index in [9.17, 15) is 4.79 Å². The molecule has 0 aliphatic carbocycles. The molecule has 0 bridgehead atoms. The second kappa shape index (κ2) is 3.30. The lowest BCUT2D eigenvalue weighted by molar-refractivity contribution is 0.0962. The van der Waals surface area contributed by atoms with Crippen molar-refractivity contribution < 1.29 is 4.79 Å². The Morgan fingerprint density at radius 1 is 1.73 bits per heavy atom. The van der Waals surface area contributed by atoms with E-state index in [1.807, 2.05) is 0 Å². The zero-order valence-electron chi connectivity index (χ0n) is 5.84. The Labute approximate surface area is 68.6 Å². The van der Waals surface area contributed by atoms with Crippen molar-refractivity contribution in [3.05, 3.63) is 23.0 Å². The van der Waals surface area contributed by atoms with E-state index in [1.54, 1.807) is 0 Å². The fourth-order valence-corrected chi connectivity index (χ4v) is 0.811. The monoisotopic (exact) mass is 171 g/mol. The lowest BCUT2D eigenvalue weighted by Crippen LogP contribution is -2.18. The van der Waals surface area contributed by atoms with Crippen molar-refractivity contribution in [3.8, 4) is 0 Å². The minimum Gasteiger partial charge on any atom is -0.355 e. The highest BCUT2D eigenvalue weighted by atomic mass is 35.5. The van der Waals surface area contributed by atoms with Crippen molar-refractivity contribution >= 4 is 17.5 Å². The first-order valence-electron chi connectivity index (χ1n) is 2.95. The summed E-state index contributed by atoms with van der Waals surface area (Å²) in [6, 6.07) is 1.51. The topological polar surface area (TPSA) is 54.9 Å². The molecule has 58 valence electrons. The third-order valence-corrected chi connectivity index (χ3v) is 1.43. The average molecular weight is 172 g/mol. The summed E-state index contributed by atoms with van der Waals surface area (Å²) in [6.45, 7) is 0. The van der Waals surface area contributed by atoms with Gasteiger partial charge in [-0.3, -0.25) is 4.79 Å².